The number of hydrogen-bond acceptors (Lipinski definition) is 14. The van der Waals surface area contributed by atoms with Gasteiger partial charge in [-0.1, -0.05) is 152 Å². The number of carbonyl (C=O) groups excluding carboxylic acids is 4. The summed E-state index contributed by atoms with van der Waals surface area (Å²) in [5.41, 5.74) is 15.2. The molecule has 106 heavy (non-hydrogen) atoms. The third-order valence-electron chi connectivity index (χ3n) is 17.0. The fourth-order valence-electron chi connectivity index (χ4n) is 12.0. The van der Waals surface area contributed by atoms with Crippen LogP contribution in [0.3, 0.4) is 0 Å². The van der Waals surface area contributed by atoms with Gasteiger partial charge in [-0.2, -0.15) is 22.0 Å². The summed E-state index contributed by atoms with van der Waals surface area (Å²) in [6.07, 6.45) is 10.4. The number of aliphatic hydroxyl groups is 4. The first-order valence-corrected chi connectivity index (χ1v) is 33.8. The van der Waals surface area contributed by atoms with E-state index in [1.807, 2.05) is 152 Å². The van der Waals surface area contributed by atoms with Crippen molar-refractivity contribution in [2.45, 2.75) is 90.6 Å². The fourth-order valence-corrected chi connectivity index (χ4v) is 12.0. The molecule has 0 aliphatic rings. The van der Waals surface area contributed by atoms with Gasteiger partial charge in [-0.25, -0.2) is 0 Å². The van der Waals surface area contributed by atoms with Crippen LogP contribution in [0.15, 0.2) is 274 Å². The monoisotopic (exact) mass is 1430 g/mol. The van der Waals surface area contributed by atoms with Crippen molar-refractivity contribution >= 4 is 23.1 Å². The van der Waals surface area contributed by atoms with Gasteiger partial charge in [-0.15, -0.1) is 0 Å². The molecule has 12 rings (SSSR count). The Labute approximate surface area is 611 Å². The minimum absolute atomic E-state index is 0.00415. The number of ether oxygens (including phenoxy) is 2. The van der Waals surface area contributed by atoms with Gasteiger partial charge in [0.2, 0.25) is 0 Å². The van der Waals surface area contributed by atoms with Gasteiger partial charge in [-0.05, 0) is 179 Å². The number of nitrogens with zero attached hydrogens (tertiary/aromatic N) is 4. The lowest BCUT2D eigenvalue weighted by atomic mass is 9.95. The normalized spacial score (nSPS) is 10.9. The maximum absolute atomic E-state index is 13.1. The predicted molar refractivity (Wildman–Crippen MR) is 396 cm³/mol. The number of methoxy groups -OCH3 is 1. The van der Waals surface area contributed by atoms with Crippen LogP contribution in [0, 0.1) is 0 Å². The molecule has 14 nitrogen and oxygen atoms in total. The Morgan fingerprint density at radius 2 is 0.651 bits per heavy atom. The van der Waals surface area contributed by atoms with Gasteiger partial charge in [0.25, 0.3) is 0 Å². The van der Waals surface area contributed by atoms with Gasteiger partial charge in [0.05, 0.1) is 39.1 Å². The molecule has 0 fully saturated rings. The molecule has 0 saturated carbocycles. The number of aromatic nitrogens is 4. The van der Waals surface area contributed by atoms with Gasteiger partial charge >= 0.3 is 12.8 Å². The third kappa shape index (κ3) is 23.6. The first-order chi connectivity index (χ1) is 51.4. The molecule has 8 aromatic carbocycles. The molecule has 19 heteroatoms. The standard InChI is InChI=1S/C22H18F3NO2.C22H19F2NO3.C22H21NO3.C21H19NO2/c23-22(24,25)21-4-2-1-3-17(21)13-19(28)12-15-5-6-20(18(11-15)14-27)16-7-9-26-10-8-16;23-22(24)28-21-4-2-1-3-17(21)13-19(27)12-15-5-6-20(18(11-15)14-26)16-7-9-25-10-8-16;1-26-21-4-2-3-16(14-21)12-20(25)13-17-5-6-22(19(11-17)15-24)18-7-9-23-10-8-18;23-15-19-12-17(6-7-21(19)18-8-10-22-11-9-18)14-20(24)13-16-4-2-1-3-5-16/h1-11,27H,12-14H2;1-11,22,26H,12-14H2;2-11,14,24H,12-13,15H2,1H3;1-12,23H,13-15H2. The maximum atomic E-state index is 13.1. The number of aliphatic hydroxyl groups excluding tert-OH is 4. The molecule has 0 aliphatic carbocycles. The van der Waals surface area contributed by atoms with E-state index < -0.39 is 18.4 Å². The largest absolute Gasteiger partial charge is 0.497 e. The van der Waals surface area contributed by atoms with Crippen LogP contribution in [0.2, 0.25) is 0 Å². The Bertz CT molecular complexity index is 4840. The molecule has 12 aromatic rings. The van der Waals surface area contributed by atoms with E-state index in [9.17, 15) is 61.6 Å². The minimum atomic E-state index is -4.49. The molecule has 4 aromatic heterocycles. The van der Waals surface area contributed by atoms with E-state index in [0.29, 0.717) is 47.9 Å². The second-order valence-electron chi connectivity index (χ2n) is 24.6. The summed E-state index contributed by atoms with van der Waals surface area (Å²) < 4.78 is 74.0. The summed E-state index contributed by atoms with van der Waals surface area (Å²) >= 11 is 0. The quantitative estimate of drug-likeness (QED) is 0.0352. The Kier molecular flexibility index (Phi) is 29.3. The number of alkyl halides is 5. The van der Waals surface area contributed by atoms with Crippen LogP contribution in [0.1, 0.15) is 72.3 Å². The first-order valence-electron chi connectivity index (χ1n) is 33.8. The van der Waals surface area contributed by atoms with Crippen LogP contribution in [-0.4, -0.2) is 77.2 Å². The van der Waals surface area contributed by atoms with Crippen molar-refractivity contribution in [1.29, 1.82) is 0 Å². The number of pyridine rings is 4. The zero-order valence-electron chi connectivity index (χ0n) is 58.0. The minimum Gasteiger partial charge on any atom is -0.497 e. The summed E-state index contributed by atoms with van der Waals surface area (Å²) in [5, 5.41) is 38.8. The molecular formula is C87H77F5N4O10. The zero-order chi connectivity index (χ0) is 75.2. The van der Waals surface area contributed by atoms with Crippen LogP contribution in [0.4, 0.5) is 22.0 Å². The first kappa shape index (κ1) is 78.3. The van der Waals surface area contributed by atoms with E-state index in [0.717, 1.165) is 95.3 Å². The Hall–Kier alpha value is -11.9. The van der Waals surface area contributed by atoms with E-state index in [-0.39, 0.29) is 86.6 Å². The summed E-state index contributed by atoms with van der Waals surface area (Å²) in [5.74, 6) is 0.596. The van der Waals surface area contributed by atoms with Gasteiger partial charge in [-0.3, -0.25) is 39.1 Å². The molecule has 0 amide bonds. The second kappa shape index (κ2) is 39.7. The molecule has 0 radical (unpaired) electrons. The summed E-state index contributed by atoms with van der Waals surface area (Å²) in [7, 11) is 1.61. The lowest BCUT2D eigenvalue weighted by molar-refractivity contribution is -0.138. The Balaban J connectivity index is 0.000000164. The molecule has 0 saturated heterocycles. The van der Waals surface area contributed by atoms with Crippen molar-refractivity contribution in [3.8, 4) is 56.0 Å². The average Bonchev–Trinajstić information content (AvgIpc) is 0.840. The smallest absolute Gasteiger partial charge is 0.416 e. The number of Topliss-reactive ketones (excluding diaryl/α,β-unsaturated/α-hetero) is 4. The molecule has 0 unspecified atom stereocenters. The van der Waals surface area contributed by atoms with Crippen molar-refractivity contribution < 1.29 is 71.0 Å². The Morgan fingerprint density at radius 1 is 0.340 bits per heavy atom. The number of halogens is 5. The lowest BCUT2D eigenvalue weighted by Crippen LogP contribution is -2.13. The molecule has 0 bridgehead atoms. The number of rotatable bonds is 27. The van der Waals surface area contributed by atoms with Crippen LogP contribution < -0.4 is 9.47 Å². The number of benzene rings is 8. The third-order valence-corrected chi connectivity index (χ3v) is 17.0. The van der Waals surface area contributed by atoms with Crippen LogP contribution in [-0.2, 0) is 103 Å². The van der Waals surface area contributed by atoms with Crippen molar-refractivity contribution in [2.75, 3.05) is 7.11 Å². The number of hydrogen-bond donors (Lipinski definition) is 4. The van der Waals surface area contributed by atoms with Gasteiger partial charge in [0, 0.05) is 107 Å². The zero-order valence-corrected chi connectivity index (χ0v) is 58.0. The van der Waals surface area contributed by atoms with Crippen molar-refractivity contribution in [3.63, 3.8) is 0 Å². The molecule has 0 spiro atoms. The summed E-state index contributed by atoms with van der Waals surface area (Å²) in [6, 6.07) is 66.0. The molecule has 540 valence electrons. The molecule has 0 aliphatic heterocycles. The fraction of sp³-hybridized carbons (Fsp3) is 0.172. The highest BCUT2D eigenvalue weighted by molar-refractivity contribution is 5.86. The topological polar surface area (TPSA) is 219 Å². The van der Waals surface area contributed by atoms with E-state index in [1.54, 1.807) is 99.1 Å². The second-order valence-corrected chi connectivity index (χ2v) is 24.6. The molecule has 0 atom stereocenters. The Morgan fingerprint density at radius 3 is 1.01 bits per heavy atom. The van der Waals surface area contributed by atoms with Gasteiger partial charge < -0.3 is 29.9 Å². The SMILES string of the molecule is COc1cccc(CC(=O)Cc2ccc(-c3ccncc3)c(CO)c2)c1.O=C(Cc1ccc(-c2ccncc2)c(CO)c1)Cc1ccccc1C(F)(F)F.O=C(Cc1ccc(-c2ccncc2)c(CO)c1)Cc1ccccc1OC(F)F.O=C(Cc1ccccc1)Cc1ccc(-c2ccncc2)c(CO)c1. The van der Waals surface area contributed by atoms with Crippen LogP contribution >= 0.6 is 0 Å². The number of ketones is 4. The van der Waals surface area contributed by atoms with E-state index >= 15 is 0 Å². The lowest BCUT2D eigenvalue weighted by Gasteiger charge is -2.13. The highest BCUT2D eigenvalue weighted by Gasteiger charge is 2.33. The van der Waals surface area contributed by atoms with Crippen molar-refractivity contribution in [1.82, 2.24) is 19.9 Å². The highest BCUT2D eigenvalue weighted by atomic mass is 19.4. The van der Waals surface area contributed by atoms with Crippen molar-refractivity contribution in [3.05, 3.63) is 346 Å². The molecule has 4 heterocycles. The number of para-hydroxylation sites is 1. The van der Waals surface area contributed by atoms with E-state index in [1.165, 1.54) is 24.3 Å². The number of carbonyl (C=O) groups is 4. The summed E-state index contributed by atoms with van der Waals surface area (Å²) in [6.45, 7) is -3.45. The molecular weight excluding hydrogens is 1360 g/mol. The highest BCUT2D eigenvalue weighted by Crippen LogP contribution is 2.34. The van der Waals surface area contributed by atoms with E-state index in [4.69, 9.17) is 4.74 Å². The average molecular weight is 1430 g/mol. The predicted octanol–water partition coefficient (Wildman–Crippen LogP) is 16.0. The van der Waals surface area contributed by atoms with Crippen molar-refractivity contribution in [2.24, 2.45) is 0 Å². The van der Waals surface area contributed by atoms with E-state index in [2.05, 4.69) is 24.7 Å². The van der Waals surface area contributed by atoms with Gasteiger partial charge in [0.1, 0.15) is 34.6 Å². The maximum Gasteiger partial charge on any atom is 0.416 e. The van der Waals surface area contributed by atoms with Gasteiger partial charge in [0.15, 0.2) is 0 Å². The molecule has 4 N–H and O–H groups in total. The summed E-state index contributed by atoms with van der Waals surface area (Å²) in [4.78, 5) is 65.5. The van der Waals surface area contributed by atoms with Crippen LogP contribution in [0.5, 0.6) is 11.5 Å². The van der Waals surface area contributed by atoms with Crippen LogP contribution in [0.25, 0.3) is 44.5 Å².